The Labute approximate surface area is 106 Å². The molecule has 0 saturated carbocycles. The van der Waals surface area contributed by atoms with Crippen molar-refractivity contribution in [1.29, 1.82) is 5.26 Å². The predicted octanol–water partition coefficient (Wildman–Crippen LogP) is 0.588. The quantitative estimate of drug-likeness (QED) is 0.725. The summed E-state index contributed by atoms with van der Waals surface area (Å²) in [5.41, 5.74) is 0. The normalized spacial score (nSPS) is 30.3. The summed E-state index contributed by atoms with van der Waals surface area (Å²) in [5.74, 6) is 1.48. The summed E-state index contributed by atoms with van der Waals surface area (Å²) in [6.07, 6.45) is 2.04. The third-order valence-electron chi connectivity index (χ3n) is 3.74. The van der Waals surface area contributed by atoms with Crippen molar-refractivity contribution in [2.24, 2.45) is 0 Å². The molecule has 0 aliphatic carbocycles. The number of hydrogen-bond donors (Lipinski definition) is 0. The zero-order valence-corrected chi connectivity index (χ0v) is 10.4. The fourth-order valence-corrected chi connectivity index (χ4v) is 2.69. The SMILES string of the molecule is N#CCCCc1nc(C2CN3CCN2CC3)no1. The van der Waals surface area contributed by atoms with E-state index in [4.69, 9.17) is 9.78 Å². The molecule has 3 fully saturated rings. The van der Waals surface area contributed by atoms with Crippen LogP contribution in [0.5, 0.6) is 0 Å². The van der Waals surface area contributed by atoms with Crippen molar-refractivity contribution >= 4 is 0 Å². The molecule has 3 aliphatic heterocycles. The fourth-order valence-electron chi connectivity index (χ4n) is 2.69. The van der Waals surface area contributed by atoms with Crippen molar-refractivity contribution in [1.82, 2.24) is 19.9 Å². The molecule has 0 aromatic carbocycles. The number of hydrogen-bond acceptors (Lipinski definition) is 6. The lowest BCUT2D eigenvalue weighted by Gasteiger charge is -2.46. The second kappa shape index (κ2) is 5.04. The monoisotopic (exact) mass is 247 g/mol. The smallest absolute Gasteiger partial charge is 0.226 e. The lowest BCUT2D eigenvalue weighted by molar-refractivity contribution is 0.00781. The Morgan fingerprint density at radius 3 is 2.83 bits per heavy atom. The molecule has 0 spiro atoms. The number of rotatable bonds is 4. The molecule has 3 saturated heterocycles. The molecule has 1 aromatic rings. The van der Waals surface area contributed by atoms with Crippen LogP contribution in [0.2, 0.25) is 0 Å². The van der Waals surface area contributed by atoms with E-state index >= 15 is 0 Å². The third-order valence-corrected chi connectivity index (χ3v) is 3.74. The summed E-state index contributed by atoms with van der Waals surface area (Å²) in [6, 6.07) is 2.42. The number of aromatic nitrogens is 2. The van der Waals surface area contributed by atoms with E-state index in [0.717, 1.165) is 45.0 Å². The van der Waals surface area contributed by atoms with E-state index in [2.05, 4.69) is 26.0 Å². The molecular weight excluding hydrogens is 230 g/mol. The summed E-state index contributed by atoms with van der Waals surface area (Å²) < 4.78 is 5.26. The van der Waals surface area contributed by atoms with Crippen LogP contribution in [0.1, 0.15) is 30.6 Å². The van der Waals surface area contributed by atoms with Gasteiger partial charge in [-0.3, -0.25) is 9.80 Å². The molecule has 0 radical (unpaired) electrons. The first-order valence-corrected chi connectivity index (χ1v) is 6.52. The predicted molar refractivity (Wildman–Crippen MR) is 63.6 cm³/mol. The van der Waals surface area contributed by atoms with E-state index in [9.17, 15) is 0 Å². The first-order chi connectivity index (χ1) is 8.86. The van der Waals surface area contributed by atoms with Gasteiger partial charge < -0.3 is 4.52 Å². The number of fused-ring (bicyclic) bond motifs is 3. The van der Waals surface area contributed by atoms with Gasteiger partial charge >= 0.3 is 0 Å². The molecule has 3 aliphatic rings. The highest BCUT2D eigenvalue weighted by atomic mass is 16.5. The van der Waals surface area contributed by atoms with Crippen LogP contribution in [0, 0.1) is 11.3 Å². The highest BCUT2D eigenvalue weighted by Gasteiger charge is 2.35. The summed E-state index contributed by atoms with van der Waals surface area (Å²) >= 11 is 0. The molecule has 0 amide bonds. The van der Waals surface area contributed by atoms with E-state index in [-0.39, 0.29) is 0 Å². The van der Waals surface area contributed by atoms with Crippen molar-refractivity contribution in [3.63, 3.8) is 0 Å². The Balaban J connectivity index is 1.64. The molecule has 1 aromatic heterocycles. The molecule has 6 heteroatoms. The molecule has 96 valence electrons. The van der Waals surface area contributed by atoms with Crippen LogP contribution in [0.25, 0.3) is 0 Å². The molecule has 0 N–H and O–H groups in total. The first kappa shape index (κ1) is 11.6. The van der Waals surface area contributed by atoms with E-state index in [1.165, 1.54) is 0 Å². The van der Waals surface area contributed by atoms with Crippen LogP contribution < -0.4 is 0 Å². The number of nitrogens with zero attached hydrogens (tertiary/aromatic N) is 5. The van der Waals surface area contributed by atoms with Gasteiger partial charge in [-0.2, -0.15) is 10.2 Å². The van der Waals surface area contributed by atoms with E-state index < -0.39 is 0 Å². The Hall–Kier alpha value is -1.45. The lowest BCUT2D eigenvalue weighted by Crippen LogP contribution is -2.57. The van der Waals surface area contributed by atoms with E-state index in [0.29, 0.717) is 24.8 Å². The maximum atomic E-state index is 8.50. The summed E-state index contributed by atoms with van der Waals surface area (Å²) in [5, 5.41) is 12.6. The second-order valence-electron chi connectivity index (χ2n) is 4.91. The van der Waals surface area contributed by atoms with Crippen molar-refractivity contribution in [3.8, 4) is 6.07 Å². The topological polar surface area (TPSA) is 69.2 Å². The van der Waals surface area contributed by atoms with E-state index in [1.807, 2.05) is 0 Å². The van der Waals surface area contributed by atoms with Crippen LogP contribution in [-0.4, -0.2) is 52.7 Å². The van der Waals surface area contributed by atoms with Crippen LogP contribution >= 0.6 is 0 Å². The van der Waals surface area contributed by atoms with Gasteiger partial charge in [0.15, 0.2) is 5.82 Å². The number of aryl methyl sites for hydroxylation is 1. The van der Waals surface area contributed by atoms with Gasteiger partial charge in [-0.15, -0.1) is 0 Å². The second-order valence-corrected chi connectivity index (χ2v) is 4.91. The molecule has 1 atom stereocenters. The summed E-state index contributed by atoms with van der Waals surface area (Å²) in [7, 11) is 0. The Bertz CT molecular complexity index is 444. The highest BCUT2D eigenvalue weighted by molar-refractivity contribution is 5.01. The van der Waals surface area contributed by atoms with Crippen molar-refractivity contribution in [2.75, 3.05) is 32.7 Å². The first-order valence-electron chi connectivity index (χ1n) is 6.52. The largest absolute Gasteiger partial charge is 0.339 e. The van der Waals surface area contributed by atoms with Gasteiger partial charge in [0, 0.05) is 45.6 Å². The van der Waals surface area contributed by atoms with Crippen molar-refractivity contribution < 1.29 is 4.52 Å². The van der Waals surface area contributed by atoms with Crippen molar-refractivity contribution in [2.45, 2.75) is 25.3 Å². The number of nitriles is 1. The minimum absolute atomic E-state index is 0.293. The van der Waals surface area contributed by atoms with Gasteiger partial charge in [0.05, 0.1) is 12.1 Å². The van der Waals surface area contributed by atoms with Gasteiger partial charge in [0.2, 0.25) is 5.89 Å². The summed E-state index contributed by atoms with van der Waals surface area (Å²) in [6.45, 7) is 5.52. The maximum Gasteiger partial charge on any atom is 0.226 e. The molecule has 4 rings (SSSR count). The average molecular weight is 247 g/mol. The zero-order chi connectivity index (χ0) is 12.4. The maximum absolute atomic E-state index is 8.50. The van der Waals surface area contributed by atoms with Crippen LogP contribution in [-0.2, 0) is 6.42 Å². The Morgan fingerprint density at radius 1 is 1.33 bits per heavy atom. The number of piperazine rings is 3. The van der Waals surface area contributed by atoms with Crippen LogP contribution in [0.4, 0.5) is 0 Å². The Kier molecular flexibility index (Phi) is 3.26. The minimum atomic E-state index is 0.293. The van der Waals surface area contributed by atoms with Crippen LogP contribution in [0.15, 0.2) is 4.52 Å². The molecule has 2 bridgehead atoms. The third kappa shape index (κ3) is 2.24. The van der Waals surface area contributed by atoms with Gasteiger partial charge in [0.25, 0.3) is 0 Å². The van der Waals surface area contributed by atoms with E-state index in [1.54, 1.807) is 0 Å². The van der Waals surface area contributed by atoms with Crippen molar-refractivity contribution in [3.05, 3.63) is 11.7 Å². The lowest BCUT2D eigenvalue weighted by atomic mass is 10.1. The molecular formula is C12H17N5O. The average Bonchev–Trinajstić information content (AvgIpc) is 2.89. The molecule has 4 heterocycles. The minimum Gasteiger partial charge on any atom is -0.339 e. The fraction of sp³-hybridized carbons (Fsp3) is 0.750. The Morgan fingerprint density at radius 2 is 2.17 bits per heavy atom. The highest BCUT2D eigenvalue weighted by Crippen LogP contribution is 2.26. The summed E-state index contributed by atoms with van der Waals surface area (Å²) in [4.78, 5) is 9.36. The standard InChI is InChI=1S/C12H17N5O/c13-4-2-1-3-11-14-12(15-18-11)10-9-16-5-7-17(10)8-6-16/h10H,1-3,5-9H2. The molecule has 18 heavy (non-hydrogen) atoms. The van der Waals surface area contributed by atoms with Gasteiger partial charge in [-0.25, -0.2) is 0 Å². The molecule has 1 unspecified atom stereocenters. The van der Waals surface area contributed by atoms with Gasteiger partial charge in [-0.05, 0) is 6.42 Å². The van der Waals surface area contributed by atoms with Crippen LogP contribution in [0.3, 0.4) is 0 Å². The van der Waals surface area contributed by atoms with Gasteiger partial charge in [0.1, 0.15) is 0 Å². The van der Waals surface area contributed by atoms with Gasteiger partial charge in [-0.1, -0.05) is 5.16 Å². The molecule has 6 nitrogen and oxygen atoms in total. The zero-order valence-electron chi connectivity index (χ0n) is 10.4. The number of unbranched alkanes of at least 4 members (excludes halogenated alkanes) is 1.